The summed E-state index contributed by atoms with van der Waals surface area (Å²) in [6, 6.07) is 15.6. The molecule has 2 aromatic rings. The van der Waals surface area contributed by atoms with Crippen LogP contribution in [-0.2, 0) is 4.79 Å². The smallest absolute Gasteiger partial charge is 0.258 e. The second-order valence-electron chi connectivity index (χ2n) is 6.28. The Hall–Kier alpha value is -2.40. The van der Waals surface area contributed by atoms with Gasteiger partial charge < -0.3 is 15.0 Å². The van der Waals surface area contributed by atoms with Crippen molar-refractivity contribution in [3.05, 3.63) is 66.0 Å². The lowest BCUT2D eigenvalue weighted by Crippen LogP contribution is -2.39. The molecule has 1 amide bonds. The van der Waals surface area contributed by atoms with Crippen molar-refractivity contribution >= 4 is 5.91 Å². The molecule has 0 spiro atoms. The highest BCUT2D eigenvalue weighted by atomic mass is 19.1. The molecule has 1 aliphatic heterocycles. The number of likely N-dealkylation sites (tertiary alicyclic amines) is 1. The van der Waals surface area contributed by atoms with Crippen molar-refractivity contribution in [2.24, 2.45) is 0 Å². The molecule has 132 valence electrons. The minimum absolute atomic E-state index is 0.0661. The van der Waals surface area contributed by atoms with E-state index in [1.165, 1.54) is 37.1 Å². The number of ether oxygens (including phenoxy) is 1. The van der Waals surface area contributed by atoms with E-state index in [9.17, 15) is 9.18 Å². The van der Waals surface area contributed by atoms with Crippen LogP contribution in [0.4, 0.5) is 4.39 Å². The van der Waals surface area contributed by atoms with Gasteiger partial charge in [-0.25, -0.2) is 4.39 Å². The molecule has 1 N–H and O–H groups in total. The zero-order valence-corrected chi connectivity index (χ0v) is 14.2. The van der Waals surface area contributed by atoms with Crippen LogP contribution in [0, 0.1) is 5.82 Å². The van der Waals surface area contributed by atoms with E-state index in [1.54, 1.807) is 0 Å². The number of nitrogens with one attached hydrogen (secondary N) is 1. The molecule has 2 aromatic carbocycles. The molecular weight excluding hydrogens is 319 g/mol. The first-order valence-corrected chi connectivity index (χ1v) is 8.66. The third-order valence-electron chi connectivity index (χ3n) is 4.36. The number of amides is 1. The largest absolute Gasteiger partial charge is 0.484 e. The van der Waals surface area contributed by atoms with Crippen LogP contribution in [-0.4, -0.2) is 37.0 Å². The molecule has 1 fully saturated rings. The van der Waals surface area contributed by atoms with Gasteiger partial charge in [0.2, 0.25) is 0 Å². The maximum atomic E-state index is 12.9. The van der Waals surface area contributed by atoms with Crippen molar-refractivity contribution in [1.29, 1.82) is 0 Å². The second kappa shape index (κ2) is 8.62. The Morgan fingerprint density at radius 3 is 2.44 bits per heavy atom. The lowest BCUT2D eigenvalue weighted by molar-refractivity contribution is -0.124. The summed E-state index contributed by atoms with van der Waals surface area (Å²) in [5, 5.41) is 3.06. The minimum Gasteiger partial charge on any atom is -0.484 e. The van der Waals surface area contributed by atoms with Gasteiger partial charge in [-0.1, -0.05) is 30.3 Å². The van der Waals surface area contributed by atoms with Crippen LogP contribution in [0.1, 0.15) is 24.4 Å². The lowest BCUT2D eigenvalue weighted by Gasteiger charge is -2.25. The fourth-order valence-corrected chi connectivity index (χ4v) is 3.06. The zero-order chi connectivity index (χ0) is 17.5. The molecule has 1 heterocycles. The maximum Gasteiger partial charge on any atom is 0.258 e. The predicted molar refractivity (Wildman–Crippen MR) is 94.9 cm³/mol. The van der Waals surface area contributed by atoms with Crippen molar-refractivity contribution < 1.29 is 13.9 Å². The monoisotopic (exact) mass is 342 g/mol. The molecule has 0 saturated carbocycles. The van der Waals surface area contributed by atoms with E-state index < -0.39 is 0 Å². The average molecular weight is 342 g/mol. The molecule has 4 nitrogen and oxygen atoms in total. The number of benzene rings is 2. The van der Waals surface area contributed by atoms with Gasteiger partial charge in [-0.15, -0.1) is 0 Å². The molecule has 0 aliphatic carbocycles. The van der Waals surface area contributed by atoms with Gasteiger partial charge in [-0.05, 0) is 55.8 Å². The molecule has 1 atom stereocenters. The van der Waals surface area contributed by atoms with Crippen LogP contribution in [0.2, 0.25) is 0 Å². The Kier molecular flexibility index (Phi) is 6.01. The third-order valence-corrected chi connectivity index (χ3v) is 4.36. The van der Waals surface area contributed by atoms with Crippen molar-refractivity contribution in [3.8, 4) is 5.75 Å². The predicted octanol–water partition coefficient (Wildman–Crippen LogP) is 3.16. The van der Waals surface area contributed by atoms with Crippen molar-refractivity contribution in [1.82, 2.24) is 10.2 Å². The molecule has 5 heteroatoms. The fraction of sp³-hybridized carbons (Fsp3) is 0.350. The minimum atomic E-state index is -0.327. The molecule has 1 saturated heterocycles. The van der Waals surface area contributed by atoms with Crippen molar-refractivity contribution in [3.63, 3.8) is 0 Å². The topological polar surface area (TPSA) is 41.6 Å². The summed E-state index contributed by atoms with van der Waals surface area (Å²) in [7, 11) is 0. The number of carbonyl (C=O) groups excluding carboxylic acids is 1. The summed E-state index contributed by atoms with van der Waals surface area (Å²) in [5.41, 5.74) is 1.09. The highest BCUT2D eigenvalue weighted by molar-refractivity contribution is 5.78. The first kappa shape index (κ1) is 17.4. The average Bonchev–Trinajstić information content (AvgIpc) is 3.15. The van der Waals surface area contributed by atoms with Gasteiger partial charge in [0.25, 0.3) is 5.91 Å². The molecule has 0 aromatic heterocycles. The van der Waals surface area contributed by atoms with Gasteiger partial charge in [0.1, 0.15) is 11.6 Å². The quantitative estimate of drug-likeness (QED) is 0.840. The fourth-order valence-electron chi connectivity index (χ4n) is 3.06. The third kappa shape index (κ3) is 5.29. The lowest BCUT2D eigenvalue weighted by atomic mass is 10.1. The zero-order valence-electron chi connectivity index (χ0n) is 14.2. The van der Waals surface area contributed by atoms with E-state index in [-0.39, 0.29) is 24.4 Å². The Labute approximate surface area is 147 Å². The number of hydrogen-bond acceptors (Lipinski definition) is 3. The molecule has 25 heavy (non-hydrogen) atoms. The summed E-state index contributed by atoms with van der Waals surface area (Å²) in [6.07, 6.45) is 2.42. The van der Waals surface area contributed by atoms with E-state index in [2.05, 4.69) is 10.2 Å². The van der Waals surface area contributed by atoms with E-state index in [0.717, 1.165) is 25.2 Å². The SMILES string of the molecule is O=C(COc1ccc(F)cc1)NC(CN1CCCC1)c1ccccc1. The number of rotatable bonds is 7. The van der Waals surface area contributed by atoms with Crippen molar-refractivity contribution in [2.75, 3.05) is 26.2 Å². The highest BCUT2D eigenvalue weighted by Gasteiger charge is 2.20. The van der Waals surface area contributed by atoms with Crippen molar-refractivity contribution in [2.45, 2.75) is 18.9 Å². The van der Waals surface area contributed by atoms with Crippen LogP contribution in [0.25, 0.3) is 0 Å². The van der Waals surface area contributed by atoms with Crippen LogP contribution >= 0.6 is 0 Å². The van der Waals surface area contributed by atoms with E-state index >= 15 is 0 Å². The highest BCUT2D eigenvalue weighted by Crippen LogP contribution is 2.18. The Balaban J connectivity index is 1.58. The Morgan fingerprint density at radius 2 is 1.76 bits per heavy atom. The first-order valence-electron chi connectivity index (χ1n) is 8.66. The molecule has 0 bridgehead atoms. The van der Waals surface area contributed by atoms with Crippen LogP contribution in [0.5, 0.6) is 5.75 Å². The summed E-state index contributed by atoms with van der Waals surface area (Å²) < 4.78 is 18.3. The molecule has 0 radical (unpaired) electrons. The van der Waals surface area contributed by atoms with Crippen LogP contribution < -0.4 is 10.1 Å². The molecule has 1 aliphatic rings. The second-order valence-corrected chi connectivity index (χ2v) is 6.28. The van der Waals surface area contributed by atoms with Gasteiger partial charge in [0.15, 0.2) is 6.61 Å². The van der Waals surface area contributed by atoms with Gasteiger partial charge >= 0.3 is 0 Å². The summed E-state index contributed by atoms with van der Waals surface area (Å²) in [4.78, 5) is 14.7. The van der Waals surface area contributed by atoms with E-state index in [4.69, 9.17) is 4.74 Å². The number of nitrogens with zero attached hydrogens (tertiary/aromatic N) is 1. The van der Waals surface area contributed by atoms with Gasteiger partial charge in [-0.2, -0.15) is 0 Å². The Morgan fingerprint density at radius 1 is 1.08 bits per heavy atom. The molecule has 3 rings (SSSR count). The Bertz CT molecular complexity index is 670. The maximum absolute atomic E-state index is 12.9. The summed E-state index contributed by atoms with van der Waals surface area (Å²) in [6.45, 7) is 2.86. The number of hydrogen-bond donors (Lipinski definition) is 1. The number of halogens is 1. The van der Waals surface area contributed by atoms with E-state index in [1.807, 2.05) is 30.3 Å². The van der Waals surface area contributed by atoms with Crippen LogP contribution in [0.15, 0.2) is 54.6 Å². The van der Waals surface area contributed by atoms with Gasteiger partial charge in [-0.3, -0.25) is 4.79 Å². The molecular formula is C20H23FN2O2. The van der Waals surface area contributed by atoms with Gasteiger partial charge in [0.05, 0.1) is 6.04 Å². The summed E-state index contributed by atoms with van der Waals surface area (Å²) in [5.74, 6) is -0.0312. The number of carbonyl (C=O) groups is 1. The first-order chi connectivity index (χ1) is 12.2. The summed E-state index contributed by atoms with van der Waals surface area (Å²) >= 11 is 0. The normalized spacial score (nSPS) is 15.7. The molecule has 1 unspecified atom stereocenters. The van der Waals surface area contributed by atoms with Gasteiger partial charge in [0, 0.05) is 6.54 Å². The van der Waals surface area contributed by atoms with E-state index in [0.29, 0.717) is 5.75 Å². The van der Waals surface area contributed by atoms with Crippen LogP contribution in [0.3, 0.4) is 0 Å². The standard InChI is InChI=1S/C20H23FN2O2/c21-17-8-10-18(11-9-17)25-15-20(24)22-19(14-23-12-4-5-13-23)16-6-2-1-3-7-16/h1-3,6-11,19H,4-5,12-15H2,(H,22,24).